The zero-order valence-corrected chi connectivity index (χ0v) is 15.2. The molecule has 0 saturated carbocycles. The van der Waals surface area contributed by atoms with Gasteiger partial charge in [0.15, 0.2) is 0 Å². The van der Waals surface area contributed by atoms with Gasteiger partial charge in [-0.1, -0.05) is 6.07 Å². The van der Waals surface area contributed by atoms with E-state index in [2.05, 4.69) is 10.3 Å². The summed E-state index contributed by atoms with van der Waals surface area (Å²) in [5, 5.41) is 4.55. The predicted molar refractivity (Wildman–Crippen MR) is 98.1 cm³/mol. The Balaban J connectivity index is 1.71. The number of amides is 1. The molecule has 1 atom stereocenters. The third kappa shape index (κ3) is 4.13. The first-order chi connectivity index (χ1) is 11.9. The second-order valence-corrected chi connectivity index (χ2v) is 7.30. The first-order valence-electron chi connectivity index (χ1n) is 8.53. The summed E-state index contributed by atoms with van der Waals surface area (Å²) in [5.74, 6) is 0.726. The van der Waals surface area contributed by atoms with E-state index in [1.165, 1.54) is 0 Å². The highest BCUT2D eigenvalue weighted by molar-refractivity contribution is 5.92. The maximum absolute atomic E-state index is 12.2. The summed E-state index contributed by atoms with van der Waals surface area (Å²) in [5.41, 5.74) is 1.44. The number of nitrogens with zero attached hydrogens (tertiary/aromatic N) is 2. The molecule has 6 heteroatoms. The Hall–Kier alpha value is -2.50. The average Bonchev–Trinajstić information content (AvgIpc) is 3.02. The molecule has 0 aliphatic carbocycles. The standard InChI is InChI=1S/C19H25N3O3/c1-19(2,3)25-18(23)22-9-8-13(12-22)21-17-7-5-6-16-15(17)10-14(24-4)11-20-16/h5-7,10-11,13,21H,8-9,12H2,1-4H3. The molecule has 1 aromatic heterocycles. The molecule has 0 radical (unpaired) electrons. The van der Waals surface area contributed by atoms with Crippen LogP contribution in [-0.4, -0.2) is 47.8 Å². The van der Waals surface area contributed by atoms with Crippen molar-refractivity contribution in [3.8, 4) is 5.75 Å². The number of nitrogens with one attached hydrogen (secondary N) is 1. The van der Waals surface area contributed by atoms with Crippen molar-refractivity contribution in [2.75, 3.05) is 25.5 Å². The number of aromatic nitrogens is 1. The van der Waals surface area contributed by atoms with E-state index in [1.807, 2.05) is 45.0 Å². The van der Waals surface area contributed by atoms with Gasteiger partial charge in [0.1, 0.15) is 11.4 Å². The van der Waals surface area contributed by atoms with Crippen molar-refractivity contribution in [1.82, 2.24) is 9.88 Å². The Morgan fingerprint density at radius 1 is 1.36 bits per heavy atom. The monoisotopic (exact) mass is 343 g/mol. The molecule has 1 amide bonds. The van der Waals surface area contributed by atoms with Crippen LogP contribution in [0.5, 0.6) is 5.75 Å². The van der Waals surface area contributed by atoms with Crippen molar-refractivity contribution >= 4 is 22.7 Å². The third-order valence-electron chi connectivity index (χ3n) is 4.14. The van der Waals surface area contributed by atoms with Crippen molar-refractivity contribution in [2.45, 2.75) is 38.8 Å². The van der Waals surface area contributed by atoms with E-state index in [0.717, 1.165) is 28.8 Å². The number of pyridine rings is 1. The molecule has 0 bridgehead atoms. The largest absolute Gasteiger partial charge is 0.495 e. The lowest BCUT2D eigenvalue weighted by Gasteiger charge is -2.24. The Morgan fingerprint density at radius 3 is 2.88 bits per heavy atom. The van der Waals surface area contributed by atoms with Crippen LogP contribution in [0.4, 0.5) is 10.5 Å². The molecule has 25 heavy (non-hydrogen) atoms. The fraction of sp³-hybridized carbons (Fsp3) is 0.474. The lowest BCUT2D eigenvalue weighted by atomic mass is 10.1. The number of benzene rings is 1. The second-order valence-electron chi connectivity index (χ2n) is 7.30. The lowest BCUT2D eigenvalue weighted by molar-refractivity contribution is 0.0293. The summed E-state index contributed by atoms with van der Waals surface area (Å²) in [6.07, 6.45) is 2.34. The number of carbonyl (C=O) groups excluding carboxylic acids is 1. The van der Waals surface area contributed by atoms with E-state index in [0.29, 0.717) is 13.1 Å². The number of fused-ring (bicyclic) bond motifs is 1. The SMILES string of the molecule is COc1cnc2cccc(NC3CCN(C(=O)OC(C)(C)C)C3)c2c1. The topological polar surface area (TPSA) is 63.7 Å². The van der Waals surface area contributed by atoms with Crippen LogP contribution in [0.15, 0.2) is 30.5 Å². The van der Waals surface area contributed by atoms with E-state index >= 15 is 0 Å². The number of ether oxygens (including phenoxy) is 2. The molecule has 6 nitrogen and oxygen atoms in total. The summed E-state index contributed by atoms with van der Waals surface area (Å²) >= 11 is 0. The summed E-state index contributed by atoms with van der Waals surface area (Å²) < 4.78 is 10.7. The van der Waals surface area contributed by atoms with Gasteiger partial charge in [-0.2, -0.15) is 0 Å². The van der Waals surface area contributed by atoms with E-state index < -0.39 is 5.60 Å². The zero-order chi connectivity index (χ0) is 18.0. The van der Waals surface area contributed by atoms with Crippen molar-refractivity contribution in [3.05, 3.63) is 30.5 Å². The molecule has 2 heterocycles. The number of hydrogen-bond donors (Lipinski definition) is 1. The highest BCUT2D eigenvalue weighted by atomic mass is 16.6. The summed E-state index contributed by atoms with van der Waals surface area (Å²) in [7, 11) is 1.63. The van der Waals surface area contributed by atoms with Crippen LogP contribution < -0.4 is 10.1 Å². The van der Waals surface area contributed by atoms with Gasteiger partial charge in [0.2, 0.25) is 0 Å². The van der Waals surface area contributed by atoms with Crippen LogP contribution in [0.2, 0.25) is 0 Å². The maximum Gasteiger partial charge on any atom is 0.410 e. The second kappa shape index (κ2) is 6.78. The molecule has 1 unspecified atom stereocenters. The molecule has 0 spiro atoms. The molecule has 2 aromatic rings. The molecule has 1 aliphatic heterocycles. The molecule has 1 saturated heterocycles. The Morgan fingerprint density at radius 2 is 2.16 bits per heavy atom. The Kier molecular flexibility index (Phi) is 4.70. The van der Waals surface area contributed by atoms with Gasteiger partial charge in [0, 0.05) is 30.2 Å². The zero-order valence-electron chi connectivity index (χ0n) is 15.2. The molecule has 3 rings (SSSR count). The minimum absolute atomic E-state index is 0.185. The van der Waals surface area contributed by atoms with Crippen molar-refractivity contribution in [1.29, 1.82) is 0 Å². The Labute approximate surface area is 148 Å². The van der Waals surface area contributed by atoms with E-state index in [-0.39, 0.29) is 12.1 Å². The molecular weight excluding hydrogens is 318 g/mol. The van der Waals surface area contributed by atoms with Crippen LogP contribution in [0, 0.1) is 0 Å². The molecule has 1 fully saturated rings. The number of carbonyl (C=O) groups is 1. The van der Waals surface area contributed by atoms with Gasteiger partial charge >= 0.3 is 6.09 Å². The van der Waals surface area contributed by atoms with Crippen LogP contribution in [0.25, 0.3) is 10.9 Å². The van der Waals surface area contributed by atoms with Gasteiger partial charge in [0.25, 0.3) is 0 Å². The van der Waals surface area contributed by atoms with E-state index in [4.69, 9.17) is 9.47 Å². The van der Waals surface area contributed by atoms with E-state index in [9.17, 15) is 4.79 Å². The highest BCUT2D eigenvalue weighted by Gasteiger charge is 2.29. The van der Waals surface area contributed by atoms with Crippen molar-refractivity contribution in [2.24, 2.45) is 0 Å². The fourth-order valence-electron chi connectivity index (χ4n) is 2.96. The number of anilines is 1. The van der Waals surface area contributed by atoms with Gasteiger partial charge in [0.05, 0.1) is 18.8 Å². The van der Waals surface area contributed by atoms with Gasteiger partial charge < -0.3 is 19.7 Å². The number of methoxy groups -OCH3 is 1. The quantitative estimate of drug-likeness (QED) is 0.921. The van der Waals surface area contributed by atoms with Crippen LogP contribution in [-0.2, 0) is 4.74 Å². The van der Waals surface area contributed by atoms with Gasteiger partial charge in [-0.3, -0.25) is 4.98 Å². The number of rotatable bonds is 3. The number of hydrogen-bond acceptors (Lipinski definition) is 5. The van der Waals surface area contributed by atoms with Crippen LogP contribution in [0.1, 0.15) is 27.2 Å². The molecule has 1 aliphatic rings. The molecular formula is C19H25N3O3. The number of likely N-dealkylation sites (tertiary alicyclic amines) is 1. The summed E-state index contributed by atoms with van der Waals surface area (Å²) in [6.45, 7) is 6.97. The highest BCUT2D eigenvalue weighted by Crippen LogP contribution is 2.27. The first-order valence-corrected chi connectivity index (χ1v) is 8.53. The van der Waals surface area contributed by atoms with Crippen molar-refractivity contribution in [3.63, 3.8) is 0 Å². The van der Waals surface area contributed by atoms with E-state index in [1.54, 1.807) is 18.2 Å². The molecule has 1 aromatic carbocycles. The molecule has 1 N–H and O–H groups in total. The minimum Gasteiger partial charge on any atom is -0.495 e. The van der Waals surface area contributed by atoms with Gasteiger partial charge in [-0.15, -0.1) is 0 Å². The lowest BCUT2D eigenvalue weighted by Crippen LogP contribution is -2.36. The molecule has 134 valence electrons. The smallest absolute Gasteiger partial charge is 0.410 e. The fourth-order valence-corrected chi connectivity index (χ4v) is 2.96. The van der Waals surface area contributed by atoms with Crippen LogP contribution >= 0.6 is 0 Å². The Bertz CT molecular complexity index is 770. The van der Waals surface area contributed by atoms with Gasteiger partial charge in [-0.25, -0.2) is 4.79 Å². The third-order valence-corrected chi connectivity index (χ3v) is 4.14. The predicted octanol–water partition coefficient (Wildman–Crippen LogP) is 3.66. The van der Waals surface area contributed by atoms with Crippen molar-refractivity contribution < 1.29 is 14.3 Å². The first kappa shape index (κ1) is 17.3. The average molecular weight is 343 g/mol. The van der Waals surface area contributed by atoms with Gasteiger partial charge in [-0.05, 0) is 45.4 Å². The summed E-state index contributed by atoms with van der Waals surface area (Å²) in [4.78, 5) is 18.4. The van der Waals surface area contributed by atoms with Crippen LogP contribution in [0.3, 0.4) is 0 Å². The summed E-state index contributed by atoms with van der Waals surface area (Å²) in [6, 6.07) is 8.14. The minimum atomic E-state index is -0.472. The maximum atomic E-state index is 12.2. The normalized spacial score (nSPS) is 17.6.